The molecule has 4 aliphatic rings. The fourth-order valence-electron chi connectivity index (χ4n) is 7.24. The molecular formula is C20H34. The second-order valence-electron chi connectivity index (χ2n) is 8.73. The Kier molecular flexibility index (Phi) is 3.86. The lowest BCUT2D eigenvalue weighted by molar-refractivity contribution is -0.0294. The first-order valence-electron chi connectivity index (χ1n) is 9.86. The second-order valence-corrected chi connectivity index (χ2v) is 8.73. The fraction of sp³-hybridized carbons (Fsp3) is 1.00. The lowest BCUT2D eigenvalue weighted by Gasteiger charge is -2.53. The highest BCUT2D eigenvalue weighted by molar-refractivity contribution is 4.99. The molecule has 0 nitrogen and oxygen atoms in total. The van der Waals surface area contributed by atoms with Crippen molar-refractivity contribution in [2.24, 2.45) is 41.4 Å². The highest BCUT2D eigenvalue weighted by Gasteiger charge is 2.49. The van der Waals surface area contributed by atoms with Crippen molar-refractivity contribution in [2.75, 3.05) is 0 Å². The van der Waals surface area contributed by atoms with E-state index >= 15 is 0 Å². The SMILES string of the molecule is CCCC1CCC2C(CCC3C4CCCC4CCC23)C1. The second kappa shape index (κ2) is 5.65. The molecule has 0 aliphatic heterocycles. The Balaban J connectivity index is 1.45. The first kappa shape index (κ1) is 13.6. The van der Waals surface area contributed by atoms with Crippen molar-refractivity contribution in [2.45, 2.75) is 84.0 Å². The van der Waals surface area contributed by atoms with Crippen LogP contribution < -0.4 is 0 Å². The van der Waals surface area contributed by atoms with E-state index in [4.69, 9.17) is 0 Å². The van der Waals surface area contributed by atoms with Crippen LogP contribution in [0, 0.1) is 41.4 Å². The van der Waals surface area contributed by atoms with E-state index < -0.39 is 0 Å². The molecule has 7 unspecified atom stereocenters. The first-order chi connectivity index (χ1) is 9.86. The molecule has 114 valence electrons. The largest absolute Gasteiger partial charge is 0.0654 e. The topological polar surface area (TPSA) is 0 Å². The maximum absolute atomic E-state index is 2.38. The van der Waals surface area contributed by atoms with Gasteiger partial charge >= 0.3 is 0 Å². The number of hydrogen-bond donors (Lipinski definition) is 0. The zero-order valence-corrected chi connectivity index (χ0v) is 13.5. The smallest absolute Gasteiger partial charge is 0.0352 e. The molecule has 0 N–H and O–H groups in total. The molecule has 0 aromatic heterocycles. The molecule has 4 rings (SSSR count). The Morgan fingerprint density at radius 1 is 0.650 bits per heavy atom. The van der Waals surface area contributed by atoms with Gasteiger partial charge in [-0.1, -0.05) is 39.0 Å². The van der Waals surface area contributed by atoms with Gasteiger partial charge in [0.05, 0.1) is 0 Å². The van der Waals surface area contributed by atoms with Gasteiger partial charge in [-0.05, 0) is 86.4 Å². The maximum atomic E-state index is 2.38. The van der Waals surface area contributed by atoms with Gasteiger partial charge in [0.15, 0.2) is 0 Å². The molecule has 0 heterocycles. The Morgan fingerprint density at radius 3 is 2.15 bits per heavy atom. The molecule has 7 atom stereocenters. The summed E-state index contributed by atoms with van der Waals surface area (Å²) in [6.07, 6.45) is 18.9. The van der Waals surface area contributed by atoms with Crippen LogP contribution in [0.25, 0.3) is 0 Å². The molecule has 0 amide bonds. The Morgan fingerprint density at radius 2 is 1.35 bits per heavy atom. The molecule has 20 heavy (non-hydrogen) atoms. The molecule has 0 bridgehead atoms. The van der Waals surface area contributed by atoms with Crippen LogP contribution in [-0.4, -0.2) is 0 Å². The van der Waals surface area contributed by atoms with Crippen LogP contribution in [0.2, 0.25) is 0 Å². The third-order valence-electron chi connectivity index (χ3n) is 7.96. The quantitative estimate of drug-likeness (QED) is 0.574. The molecule has 0 radical (unpaired) electrons. The molecule has 4 saturated carbocycles. The molecular weight excluding hydrogens is 240 g/mol. The minimum atomic E-state index is 1.10. The van der Waals surface area contributed by atoms with Crippen LogP contribution in [0.3, 0.4) is 0 Å². The van der Waals surface area contributed by atoms with Crippen LogP contribution in [0.1, 0.15) is 84.0 Å². The average Bonchev–Trinajstić information content (AvgIpc) is 2.95. The number of rotatable bonds is 2. The van der Waals surface area contributed by atoms with E-state index in [-0.39, 0.29) is 0 Å². The van der Waals surface area contributed by atoms with Crippen molar-refractivity contribution in [3.05, 3.63) is 0 Å². The van der Waals surface area contributed by atoms with Crippen molar-refractivity contribution in [3.63, 3.8) is 0 Å². The minimum Gasteiger partial charge on any atom is -0.0654 e. The van der Waals surface area contributed by atoms with Gasteiger partial charge in [-0.25, -0.2) is 0 Å². The molecule has 0 heteroatoms. The average molecular weight is 274 g/mol. The van der Waals surface area contributed by atoms with Crippen molar-refractivity contribution in [3.8, 4) is 0 Å². The van der Waals surface area contributed by atoms with E-state index in [0.717, 1.165) is 29.6 Å². The first-order valence-corrected chi connectivity index (χ1v) is 9.86. The zero-order chi connectivity index (χ0) is 13.5. The summed E-state index contributed by atoms with van der Waals surface area (Å²) in [5.74, 6) is 8.05. The predicted molar refractivity (Wildman–Crippen MR) is 85.5 cm³/mol. The third kappa shape index (κ3) is 2.26. The van der Waals surface area contributed by atoms with Gasteiger partial charge in [-0.3, -0.25) is 0 Å². The molecule has 0 spiro atoms. The van der Waals surface area contributed by atoms with Crippen molar-refractivity contribution >= 4 is 0 Å². The van der Waals surface area contributed by atoms with Crippen molar-refractivity contribution in [1.29, 1.82) is 0 Å². The summed E-state index contributed by atoms with van der Waals surface area (Å²) < 4.78 is 0. The van der Waals surface area contributed by atoms with Gasteiger partial charge in [0.1, 0.15) is 0 Å². The van der Waals surface area contributed by atoms with Crippen LogP contribution >= 0.6 is 0 Å². The van der Waals surface area contributed by atoms with E-state index in [1.54, 1.807) is 64.2 Å². The summed E-state index contributed by atoms with van der Waals surface area (Å²) in [5.41, 5.74) is 0. The molecule has 0 saturated heterocycles. The monoisotopic (exact) mass is 274 g/mol. The lowest BCUT2D eigenvalue weighted by atomic mass is 9.53. The van der Waals surface area contributed by atoms with Gasteiger partial charge in [0.25, 0.3) is 0 Å². The standard InChI is InChI=1S/C20H34/c1-2-4-14-7-10-18-16(13-14)9-12-19-17-6-3-5-15(17)8-11-20(18)19/h14-20H,2-13H2,1H3. The molecule has 4 aliphatic carbocycles. The highest BCUT2D eigenvalue weighted by Crippen LogP contribution is 2.58. The summed E-state index contributed by atoms with van der Waals surface area (Å²) >= 11 is 0. The molecule has 0 aromatic carbocycles. The van der Waals surface area contributed by atoms with E-state index in [1.807, 2.05) is 0 Å². The third-order valence-corrected chi connectivity index (χ3v) is 7.96. The normalized spacial score (nSPS) is 51.1. The van der Waals surface area contributed by atoms with Gasteiger partial charge in [0.2, 0.25) is 0 Å². The summed E-state index contributed by atoms with van der Waals surface area (Å²) in [7, 11) is 0. The van der Waals surface area contributed by atoms with Crippen LogP contribution in [0.4, 0.5) is 0 Å². The Hall–Kier alpha value is 0. The van der Waals surface area contributed by atoms with Crippen molar-refractivity contribution < 1.29 is 0 Å². The van der Waals surface area contributed by atoms with E-state index in [0.29, 0.717) is 0 Å². The van der Waals surface area contributed by atoms with Gasteiger partial charge < -0.3 is 0 Å². The van der Waals surface area contributed by atoms with Crippen LogP contribution in [0.15, 0.2) is 0 Å². The highest BCUT2D eigenvalue weighted by atomic mass is 14.5. The summed E-state index contributed by atoms with van der Waals surface area (Å²) in [5, 5.41) is 0. The molecule has 0 aromatic rings. The van der Waals surface area contributed by atoms with Gasteiger partial charge in [-0.15, -0.1) is 0 Å². The van der Waals surface area contributed by atoms with Gasteiger partial charge in [-0.2, -0.15) is 0 Å². The fourth-order valence-corrected chi connectivity index (χ4v) is 7.24. The maximum Gasteiger partial charge on any atom is -0.0352 e. The van der Waals surface area contributed by atoms with E-state index in [2.05, 4.69) is 6.92 Å². The zero-order valence-electron chi connectivity index (χ0n) is 13.5. The van der Waals surface area contributed by atoms with Crippen LogP contribution in [0.5, 0.6) is 0 Å². The summed E-state index contributed by atoms with van der Waals surface area (Å²) in [6.45, 7) is 2.38. The van der Waals surface area contributed by atoms with Gasteiger partial charge in [0, 0.05) is 0 Å². The lowest BCUT2D eigenvalue weighted by Crippen LogP contribution is -2.44. The number of fused-ring (bicyclic) bond motifs is 5. The van der Waals surface area contributed by atoms with E-state index in [9.17, 15) is 0 Å². The van der Waals surface area contributed by atoms with Crippen molar-refractivity contribution in [1.82, 2.24) is 0 Å². The van der Waals surface area contributed by atoms with Crippen LogP contribution in [-0.2, 0) is 0 Å². The predicted octanol–water partition coefficient (Wildman–Crippen LogP) is 6.06. The Bertz CT molecular complexity index is 333. The summed E-state index contributed by atoms with van der Waals surface area (Å²) in [6, 6.07) is 0. The Labute approximate surface area is 126 Å². The number of hydrogen-bond acceptors (Lipinski definition) is 0. The molecule has 4 fully saturated rings. The van der Waals surface area contributed by atoms with E-state index in [1.165, 1.54) is 24.7 Å². The minimum absolute atomic E-state index is 1.10. The summed E-state index contributed by atoms with van der Waals surface area (Å²) in [4.78, 5) is 0.